The highest BCUT2D eigenvalue weighted by Crippen LogP contribution is 2.24. The van der Waals surface area contributed by atoms with E-state index >= 15 is 0 Å². The van der Waals surface area contributed by atoms with Gasteiger partial charge in [-0.2, -0.15) is 0 Å². The molecular formula is C23H29N5O7. The van der Waals surface area contributed by atoms with Gasteiger partial charge in [0.05, 0.1) is 13.2 Å². The fourth-order valence-corrected chi connectivity index (χ4v) is 3.99. The van der Waals surface area contributed by atoms with Crippen LogP contribution in [-0.4, -0.2) is 95.3 Å². The number of imidazole rings is 1. The number of aromatic nitrogens is 2. The van der Waals surface area contributed by atoms with Crippen molar-refractivity contribution in [3.05, 3.63) is 54.6 Å². The molecule has 4 rings (SSSR count). The van der Waals surface area contributed by atoms with Crippen molar-refractivity contribution in [2.24, 2.45) is 5.73 Å². The predicted octanol–water partition coefficient (Wildman–Crippen LogP) is 1.44. The van der Waals surface area contributed by atoms with Crippen molar-refractivity contribution >= 4 is 18.2 Å². The SMILES string of the molecule is NC(=O)N1CCN(C(=O)O[C@@H]2CCOC(COC(=O)n3ccnc3)[C@H]2OCc2ccccc2)CC1. The first kappa shape index (κ1) is 24.5. The number of nitrogens with zero attached hydrogens (tertiary/aromatic N) is 4. The minimum absolute atomic E-state index is 0.0815. The lowest BCUT2D eigenvalue weighted by molar-refractivity contribution is -0.177. The van der Waals surface area contributed by atoms with Gasteiger partial charge < -0.3 is 34.5 Å². The Kier molecular flexibility index (Phi) is 8.16. The zero-order chi connectivity index (χ0) is 24.6. The summed E-state index contributed by atoms with van der Waals surface area (Å²) in [6.07, 6.45) is 1.74. The molecule has 2 aliphatic heterocycles. The molecular weight excluding hydrogens is 458 g/mol. The van der Waals surface area contributed by atoms with E-state index in [0.717, 1.165) is 5.56 Å². The van der Waals surface area contributed by atoms with Gasteiger partial charge in [-0.05, 0) is 5.56 Å². The summed E-state index contributed by atoms with van der Waals surface area (Å²) in [7, 11) is 0. The van der Waals surface area contributed by atoms with E-state index in [1.807, 2.05) is 30.3 Å². The molecule has 3 amide bonds. The van der Waals surface area contributed by atoms with Crippen LogP contribution in [-0.2, 0) is 25.6 Å². The van der Waals surface area contributed by atoms with E-state index in [2.05, 4.69) is 4.98 Å². The van der Waals surface area contributed by atoms with Crippen LogP contribution in [0.15, 0.2) is 49.1 Å². The minimum Gasteiger partial charge on any atom is -0.446 e. The van der Waals surface area contributed by atoms with Gasteiger partial charge in [0.2, 0.25) is 0 Å². The Hall–Kier alpha value is -3.64. The van der Waals surface area contributed by atoms with Crippen LogP contribution in [0.5, 0.6) is 0 Å². The lowest BCUT2D eigenvalue weighted by Gasteiger charge is -2.39. The molecule has 0 aliphatic carbocycles. The number of amides is 3. The molecule has 188 valence electrons. The quantitative estimate of drug-likeness (QED) is 0.646. The van der Waals surface area contributed by atoms with Crippen LogP contribution < -0.4 is 5.73 Å². The Bertz CT molecular complexity index is 979. The highest BCUT2D eigenvalue weighted by Gasteiger charge is 2.39. The smallest absolute Gasteiger partial charge is 0.419 e. The average Bonchev–Trinajstić information content (AvgIpc) is 3.42. The van der Waals surface area contributed by atoms with Gasteiger partial charge in [-0.3, -0.25) is 0 Å². The average molecular weight is 488 g/mol. The molecule has 2 fully saturated rings. The highest BCUT2D eigenvalue weighted by atomic mass is 16.6. The molecule has 35 heavy (non-hydrogen) atoms. The first-order valence-electron chi connectivity index (χ1n) is 11.4. The third-order valence-corrected chi connectivity index (χ3v) is 5.94. The first-order chi connectivity index (χ1) is 17.0. The lowest BCUT2D eigenvalue weighted by Crippen LogP contribution is -2.55. The fourth-order valence-electron chi connectivity index (χ4n) is 3.99. The normalized spacial score (nSPS) is 22.5. The third-order valence-electron chi connectivity index (χ3n) is 5.94. The molecule has 2 saturated heterocycles. The van der Waals surface area contributed by atoms with E-state index in [0.29, 0.717) is 39.2 Å². The second-order valence-corrected chi connectivity index (χ2v) is 8.24. The summed E-state index contributed by atoms with van der Waals surface area (Å²) in [4.78, 5) is 43.3. The molecule has 2 aliphatic rings. The number of ether oxygens (including phenoxy) is 4. The third kappa shape index (κ3) is 6.49. The second kappa shape index (κ2) is 11.7. The second-order valence-electron chi connectivity index (χ2n) is 8.24. The van der Waals surface area contributed by atoms with E-state index < -0.39 is 36.5 Å². The van der Waals surface area contributed by atoms with Crippen molar-refractivity contribution in [2.45, 2.75) is 31.3 Å². The van der Waals surface area contributed by atoms with E-state index in [1.54, 1.807) is 0 Å². The Labute approximate surface area is 202 Å². The van der Waals surface area contributed by atoms with Gasteiger partial charge in [0, 0.05) is 45.0 Å². The zero-order valence-electron chi connectivity index (χ0n) is 19.2. The number of urea groups is 1. The molecule has 12 heteroatoms. The number of hydrogen-bond donors (Lipinski definition) is 1. The van der Waals surface area contributed by atoms with E-state index in [9.17, 15) is 14.4 Å². The fraction of sp³-hybridized carbons (Fsp3) is 0.478. The minimum atomic E-state index is -0.657. The number of nitrogens with two attached hydrogens (primary N) is 1. The molecule has 3 heterocycles. The first-order valence-corrected chi connectivity index (χ1v) is 11.4. The largest absolute Gasteiger partial charge is 0.446 e. The Morgan fingerprint density at radius 1 is 1.06 bits per heavy atom. The summed E-state index contributed by atoms with van der Waals surface area (Å²) in [5.74, 6) is 0. The topological polar surface area (TPSA) is 138 Å². The predicted molar refractivity (Wildman–Crippen MR) is 121 cm³/mol. The van der Waals surface area contributed by atoms with Crippen LogP contribution in [0.3, 0.4) is 0 Å². The van der Waals surface area contributed by atoms with Gasteiger partial charge in [0.1, 0.15) is 31.2 Å². The molecule has 1 aromatic carbocycles. The van der Waals surface area contributed by atoms with Crippen molar-refractivity contribution in [1.29, 1.82) is 0 Å². The Morgan fingerprint density at radius 3 is 2.49 bits per heavy atom. The molecule has 0 saturated carbocycles. The number of carbonyl (C=O) groups excluding carboxylic acids is 3. The van der Waals surface area contributed by atoms with Crippen LogP contribution >= 0.6 is 0 Å². The summed E-state index contributed by atoms with van der Waals surface area (Å²) in [6.45, 7) is 1.84. The van der Waals surface area contributed by atoms with Crippen LogP contribution in [0, 0.1) is 0 Å². The standard InChI is InChI=1S/C23H29N5O7/c24-21(29)26-9-11-27(12-10-26)23(31)35-18-6-13-32-19(15-34-22(30)28-8-7-25-16-28)20(18)33-14-17-4-2-1-3-5-17/h1-5,7-8,16,18-20H,6,9-15H2,(H2,24,29)/t18-,19?,20+/m1/s1. The van der Waals surface area contributed by atoms with Gasteiger partial charge in [-0.15, -0.1) is 0 Å². The molecule has 12 nitrogen and oxygen atoms in total. The summed E-state index contributed by atoms with van der Waals surface area (Å²) in [5.41, 5.74) is 6.26. The molecule has 0 radical (unpaired) electrons. The number of benzene rings is 1. The molecule has 1 unspecified atom stereocenters. The molecule has 0 bridgehead atoms. The summed E-state index contributed by atoms with van der Waals surface area (Å²) in [5, 5.41) is 0. The van der Waals surface area contributed by atoms with Gasteiger partial charge in [0.25, 0.3) is 0 Å². The van der Waals surface area contributed by atoms with Gasteiger partial charge in [-0.1, -0.05) is 30.3 Å². The van der Waals surface area contributed by atoms with Crippen LogP contribution in [0.25, 0.3) is 0 Å². The van der Waals surface area contributed by atoms with Gasteiger partial charge in [0.15, 0.2) is 0 Å². The van der Waals surface area contributed by atoms with Crippen LogP contribution in [0.2, 0.25) is 0 Å². The molecule has 2 aromatic rings. The summed E-state index contributed by atoms with van der Waals surface area (Å²) < 4.78 is 24.4. The van der Waals surface area contributed by atoms with E-state index in [-0.39, 0.29) is 13.2 Å². The maximum absolute atomic E-state index is 12.9. The maximum Gasteiger partial charge on any atom is 0.419 e. The number of rotatable bonds is 6. The van der Waals surface area contributed by atoms with E-state index in [4.69, 9.17) is 24.7 Å². The van der Waals surface area contributed by atoms with Crippen molar-refractivity contribution < 1.29 is 33.3 Å². The zero-order valence-corrected chi connectivity index (χ0v) is 19.2. The van der Waals surface area contributed by atoms with Crippen LogP contribution in [0.4, 0.5) is 14.4 Å². The van der Waals surface area contributed by atoms with Crippen molar-refractivity contribution in [3.63, 3.8) is 0 Å². The van der Waals surface area contributed by atoms with Crippen molar-refractivity contribution in [2.75, 3.05) is 39.4 Å². The monoisotopic (exact) mass is 487 g/mol. The number of hydrogen-bond acceptors (Lipinski definition) is 8. The van der Waals surface area contributed by atoms with Gasteiger partial charge >= 0.3 is 18.2 Å². The van der Waals surface area contributed by atoms with Gasteiger partial charge in [-0.25, -0.2) is 23.9 Å². The molecule has 2 N–H and O–H groups in total. The number of primary amides is 1. The van der Waals surface area contributed by atoms with Crippen LogP contribution in [0.1, 0.15) is 12.0 Å². The Balaban J connectivity index is 1.40. The lowest BCUT2D eigenvalue weighted by atomic mass is 10.0. The van der Waals surface area contributed by atoms with E-state index in [1.165, 1.54) is 33.1 Å². The number of piperazine rings is 1. The van der Waals surface area contributed by atoms with Crippen molar-refractivity contribution in [3.8, 4) is 0 Å². The summed E-state index contributed by atoms with van der Waals surface area (Å²) >= 11 is 0. The number of carbonyl (C=O) groups is 3. The summed E-state index contributed by atoms with van der Waals surface area (Å²) in [6, 6.07) is 9.07. The highest BCUT2D eigenvalue weighted by molar-refractivity contribution is 5.73. The molecule has 1 aromatic heterocycles. The Morgan fingerprint density at radius 2 is 1.80 bits per heavy atom. The van der Waals surface area contributed by atoms with Crippen molar-refractivity contribution in [1.82, 2.24) is 19.4 Å². The molecule has 3 atom stereocenters. The maximum atomic E-state index is 12.9. The molecule has 0 spiro atoms.